The second-order valence-electron chi connectivity index (χ2n) is 8.94. The van der Waals surface area contributed by atoms with E-state index >= 15 is 0 Å². The SMILES string of the molecule is CC[C@@H](C)NC(=O)[C@@H](C)N(Cc1ccc(Cl)cc1)C(=O)CN(c1ccccc1)S(=O)(=O)c1ccc(Cl)cc1. The quantitative estimate of drug-likeness (QED) is 0.326. The van der Waals surface area contributed by atoms with Crippen LogP contribution in [0, 0.1) is 0 Å². The molecule has 0 saturated heterocycles. The van der Waals surface area contributed by atoms with Crippen LogP contribution in [0.5, 0.6) is 0 Å². The first kappa shape index (κ1) is 29.5. The Morgan fingerprint density at radius 2 is 1.42 bits per heavy atom. The molecular weight excluding hydrogens is 545 g/mol. The number of rotatable bonds is 11. The Kier molecular flexibility index (Phi) is 10.2. The van der Waals surface area contributed by atoms with Gasteiger partial charge in [-0.2, -0.15) is 0 Å². The molecule has 0 fully saturated rings. The van der Waals surface area contributed by atoms with Crippen molar-refractivity contribution < 1.29 is 18.0 Å². The fourth-order valence-corrected chi connectivity index (χ4v) is 5.36. The Hall–Kier alpha value is -3.07. The number of carbonyl (C=O) groups excluding carboxylic acids is 2. The number of nitrogens with zero attached hydrogens (tertiary/aromatic N) is 2. The van der Waals surface area contributed by atoms with Crippen LogP contribution < -0.4 is 9.62 Å². The van der Waals surface area contributed by atoms with E-state index in [2.05, 4.69) is 5.32 Å². The molecule has 202 valence electrons. The summed E-state index contributed by atoms with van der Waals surface area (Å²) in [6, 6.07) is 20.1. The van der Waals surface area contributed by atoms with E-state index in [0.717, 1.165) is 16.3 Å². The fourth-order valence-electron chi connectivity index (χ4n) is 3.69. The minimum absolute atomic E-state index is 0.00892. The molecule has 0 saturated carbocycles. The molecule has 10 heteroatoms. The van der Waals surface area contributed by atoms with Gasteiger partial charge in [-0.05, 0) is 74.4 Å². The predicted molar refractivity (Wildman–Crippen MR) is 152 cm³/mol. The van der Waals surface area contributed by atoms with Crippen molar-refractivity contribution in [2.75, 3.05) is 10.8 Å². The Balaban J connectivity index is 1.99. The van der Waals surface area contributed by atoms with Crippen molar-refractivity contribution in [2.24, 2.45) is 0 Å². The molecule has 3 rings (SSSR count). The molecule has 38 heavy (non-hydrogen) atoms. The average molecular weight is 577 g/mol. The second kappa shape index (κ2) is 13.1. The first-order valence-corrected chi connectivity index (χ1v) is 14.4. The third-order valence-electron chi connectivity index (χ3n) is 6.16. The van der Waals surface area contributed by atoms with Gasteiger partial charge < -0.3 is 10.2 Å². The van der Waals surface area contributed by atoms with Gasteiger partial charge in [0.1, 0.15) is 12.6 Å². The van der Waals surface area contributed by atoms with Crippen molar-refractivity contribution in [3.05, 3.63) is 94.5 Å². The highest BCUT2D eigenvalue weighted by Crippen LogP contribution is 2.25. The van der Waals surface area contributed by atoms with Gasteiger partial charge in [-0.25, -0.2) is 8.42 Å². The molecule has 2 amide bonds. The van der Waals surface area contributed by atoms with Crippen molar-refractivity contribution in [1.29, 1.82) is 0 Å². The van der Waals surface area contributed by atoms with Gasteiger partial charge in [0.05, 0.1) is 10.6 Å². The molecule has 0 heterocycles. The van der Waals surface area contributed by atoms with Gasteiger partial charge in [0, 0.05) is 22.6 Å². The number of hydrogen-bond acceptors (Lipinski definition) is 4. The summed E-state index contributed by atoms with van der Waals surface area (Å²) in [4.78, 5) is 28.2. The van der Waals surface area contributed by atoms with Crippen molar-refractivity contribution in [3.8, 4) is 0 Å². The van der Waals surface area contributed by atoms with Gasteiger partial charge >= 0.3 is 0 Å². The van der Waals surface area contributed by atoms with Gasteiger partial charge in [0.15, 0.2) is 0 Å². The summed E-state index contributed by atoms with van der Waals surface area (Å²) < 4.78 is 28.5. The standard InChI is InChI=1S/C28H31Cl2N3O4S/c1-4-20(2)31-28(35)21(3)32(18-22-10-12-23(29)13-11-22)27(34)19-33(25-8-6-5-7-9-25)38(36,37)26-16-14-24(30)15-17-26/h5-17,20-21H,4,18-19H2,1-3H3,(H,31,35)/t20-,21-/m1/s1. The number of benzene rings is 3. The largest absolute Gasteiger partial charge is 0.352 e. The van der Waals surface area contributed by atoms with Crippen LogP contribution in [0.4, 0.5) is 5.69 Å². The van der Waals surface area contributed by atoms with Crippen LogP contribution in [0.3, 0.4) is 0 Å². The van der Waals surface area contributed by atoms with Gasteiger partial charge in [0.2, 0.25) is 11.8 Å². The summed E-state index contributed by atoms with van der Waals surface area (Å²) in [6.07, 6.45) is 0.727. The Morgan fingerprint density at radius 1 is 0.868 bits per heavy atom. The van der Waals surface area contributed by atoms with Crippen molar-refractivity contribution in [2.45, 2.75) is 50.7 Å². The molecule has 0 aromatic heterocycles. The van der Waals surface area contributed by atoms with Crippen LogP contribution in [0.25, 0.3) is 0 Å². The zero-order valence-corrected chi connectivity index (χ0v) is 23.8. The normalized spacial score (nSPS) is 12.9. The van der Waals surface area contributed by atoms with E-state index in [1.807, 2.05) is 13.8 Å². The van der Waals surface area contributed by atoms with Gasteiger partial charge in [0.25, 0.3) is 10.0 Å². The number of halogens is 2. The van der Waals surface area contributed by atoms with Crippen LogP contribution in [0.1, 0.15) is 32.8 Å². The molecular formula is C28H31Cl2N3O4S. The van der Waals surface area contributed by atoms with E-state index in [-0.39, 0.29) is 23.4 Å². The lowest BCUT2D eigenvalue weighted by molar-refractivity contribution is -0.139. The highest BCUT2D eigenvalue weighted by molar-refractivity contribution is 7.92. The number of hydrogen-bond donors (Lipinski definition) is 1. The zero-order chi connectivity index (χ0) is 27.9. The van der Waals surface area contributed by atoms with Crippen molar-refractivity contribution >= 4 is 50.7 Å². The molecule has 0 unspecified atom stereocenters. The first-order chi connectivity index (χ1) is 18.0. The summed E-state index contributed by atoms with van der Waals surface area (Å²) in [5.74, 6) is -0.860. The summed E-state index contributed by atoms with van der Waals surface area (Å²) in [6.45, 7) is 5.04. The highest BCUT2D eigenvalue weighted by atomic mass is 35.5. The number of para-hydroxylation sites is 1. The zero-order valence-electron chi connectivity index (χ0n) is 21.5. The number of sulfonamides is 1. The van der Waals surface area contributed by atoms with E-state index in [1.165, 1.54) is 29.2 Å². The molecule has 7 nitrogen and oxygen atoms in total. The van der Waals surface area contributed by atoms with Gasteiger partial charge in [-0.3, -0.25) is 13.9 Å². The van der Waals surface area contributed by atoms with E-state index in [1.54, 1.807) is 61.5 Å². The molecule has 0 aliphatic rings. The van der Waals surface area contributed by atoms with Crippen molar-refractivity contribution in [3.63, 3.8) is 0 Å². The lowest BCUT2D eigenvalue weighted by Crippen LogP contribution is -2.52. The van der Waals surface area contributed by atoms with E-state index in [0.29, 0.717) is 15.7 Å². The molecule has 2 atom stereocenters. The topological polar surface area (TPSA) is 86.8 Å². The van der Waals surface area contributed by atoms with Crippen LogP contribution in [0.15, 0.2) is 83.8 Å². The molecule has 0 aliphatic heterocycles. The molecule has 1 N–H and O–H groups in total. The Morgan fingerprint density at radius 3 is 1.97 bits per heavy atom. The third-order valence-corrected chi connectivity index (χ3v) is 8.45. The van der Waals surface area contributed by atoms with E-state index in [9.17, 15) is 18.0 Å². The van der Waals surface area contributed by atoms with Crippen LogP contribution in [-0.4, -0.2) is 43.8 Å². The minimum Gasteiger partial charge on any atom is -0.352 e. The van der Waals surface area contributed by atoms with Crippen LogP contribution in [-0.2, 0) is 26.2 Å². The predicted octanol–water partition coefficient (Wildman–Crippen LogP) is 5.52. The fraction of sp³-hybridized carbons (Fsp3) is 0.286. The minimum atomic E-state index is -4.14. The first-order valence-electron chi connectivity index (χ1n) is 12.2. The molecule has 0 radical (unpaired) electrons. The lowest BCUT2D eigenvalue weighted by atomic mass is 10.1. The van der Waals surface area contributed by atoms with Gasteiger partial charge in [-0.15, -0.1) is 0 Å². The molecule has 3 aromatic rings. The molecule has 0 bridgehead atoms. The van der Waals surface area contributed by atoms with Gasteiger partial charge in [-0.1, -0.05) is 60.5 Å². The maximum atomic E-state index is 13.8. The number of amides is 2. The Bertz CT molecular complexity index is 1330. The van der Waals surface area contributed by atoms with Crippen LogP contribution >= 0.6 is 23.2 Å². The smallest absolute Gasteiger partial charge is 0.264 e. The average Bonchev–Trinajstić information content (AvgIpc) is 2.91. The lowest BCUT2D eigenvalue weighted by Gasteiger charge is -2.32. The summed E-state index contributed by atoms with van der Waals surface area (Å²) in [5, 5.41) is 3.84. The van der Waals surface area contributed by atoms with Crippen molar-refractivity contribution in [1.82, 2.24) is 10.2 Å². The number of anilines is 1. The summed E-state index contributed by atoms with van der Waals surface area (Å²) in [5.41, 5.74) is 1.07. The highest BCUT2D eigenvalue weighted by Gasteiger charge is 2.32. The van der Waals surface area contributed by atoms with E-state index < -0.39 is 28.5 Å². The number of nitrogens with one attached hydrogen (secondary N) is 1. The summed E-state index contributed by atoms with van der Waals surface area (Å²) in [7, 11) is -4.14. The third kappa shape index (κ3) is 7.49. The molecule has 0 aliphatic carbocycles. The second-order valence-corrected chi connectivity index (χ2v) is 11.7. The number of carbonyl (C=O) groups is 2. The maximum Gasteiger partial charge on any atom is 0.264 e. The maximum absolute atomic E-state index is 13.8. The molecule has 3 aromatic carbocycles. The Labute approximate surface area is 234 Å². The van der Waals surface area contributed by atoms with E-state index in [4.69, 9.17) is 23.2 Å². The summed E-state index contributed by atoms with van der Waals surface area (Å²) >= 11 is 12.0. The molecule has 0 spiro atoms. The van der Waals surface area contributed by atoms with Crippen LogP contribution in [0.2, 0.25) is 10.0 Å². The monoisotopic (exact) mass is 575 g/mol.